The van der Waals surface area contributed by atoms with Crippen molar-refractivity contribution in [2.24, 2.45) is 0 Å². The van der Waals surface area contributed by atoms with Crippen molar-refractivity contribution in [2.45, 2.75) is 18.7 Å². The highest BCUT2D eigenvalue weighted by atomic mass is 32.2. The summed E-state index contributed by atoms with van der Waals surface area (Å²) in [6, 6.07) is 12.0. The zero-order valence-electron chi connectivity index (χ0n) is 12.8. The average Bonchev–Trinajstić information content (AvgIpc) is 2.81. The molecule has 0 atom stereocenters. The minimum Gasteiger partial charge on any atom is -0.491 e. The average molecular weight is 333 g/mol. The molecule has 1 aromatic heterocycles. The van der Waals surface area contributed by atoms with E-state index in [1.807, 2.05) is 19.1 Å². The van der Waals surface area contributed by atoms with E-state index < -0.39 is 15.8 Å². The van der Waals surface area contributed by atoms with Gasteiger partial charge in [0.25, 0.3) is 10.0 Å². The Bertz CT molecular complexity index is 959. The molecule has 0 aliphatic rings. The number of benzene rings is 2. The van der Waals surface area contributed by atoms with E-state index in [0.29, 0.717) is 23.6 Å². The molecule has 0 amide bonds. The van der Waals surface area contributed by atoms with Crippen LogP contribution in [0.2, 0.25) is 0 Å². The number of hydrogen-bond donors (Lipinski definition) is 0. The Kier molecular flexibility index (Phi) is 3.85. The lowest BCUT2D eigenvalue weighted by Crippen LogP contribution is -2.14. The van der Waals surface area contributed by atoms with Gasteiger partial charge in [-0.3, -0.25) is 0 Å². The van der Waals surface area contributed by atoms with Gasteiger partial charge in [0.2, 0.25) is 0 Å². The van der Waals surface area contributed by atoms with Crippen LogP contribution in [0.4, 0.5) is 4.39 Å². The summed E-state index contributed by atoms with van der Waals surface area (Å²) >= 11 is 0. The Hall–Kier alpha value is -2.34. The maximum Gasteiger partial charge on any atom is 0.268 e. The standard InChI is InChI=1S/C17H16FNO3S/c1-3-22-17-12(2)19(16-7-5-4-6-15(16)17)23(20,21)14-10-8-13(18)9-11-14/h4-11H,3H2,1-2H3. The van der Waals surface area contributed by atoms with Crippen LogP contribution in [0.3, 0.4) is 0 Å². The van der Waals surface area contributed by atoms with Gasteiger partial charge in [-0.15, -0.1) is 0 Å². The quantitative estimate of drug-likeness (QED) is 0.731. The summed E-state index contributed by atoms with van der Waals surface area (Å²) in [6.07, 6.45) is 0. The van der Waals surface area contributed by atoms with E-state index in [-0.39, 0.29) is 4.90 Å². The van der Waals surface area contributed by atoms with E-state index in [1.165, 1.54) is 16.1 Å². The summed E-state index contributed by atoms with van der Waals surface area (Å²) in [5.74, 6) is 0.0711. The van der Waals surface area contributed by atoms with Crippen LogP contribution in [0.1, 0.15) is 12.6 Å². The molecule has 1 heterocycles. The van der Waals surface area contributed by atoms with Crippen molar-refractivity contribution >= 4 is 20.9 Å². The van der Waals surface area contributed by atoms with Gasteiger partial charge < -0.3 is 4.74 Å². The molecule has 2 aromatic carbocycles. The number of aromatic nitrogens is 1. The minimum absolute atomic E-state index is 0.0331. The second kappa shape index (κ2) is 5.70. The van der Waals surface area contributed by atoms with Crippen molar-refractivity contribution < 1.29 is 17.5 Å². The van der Waals surface area contributed by atoms with E-state index in [2.05, 4.69) is 0 Å². The molecular formula is C17H16FNO3S. The fraction of sp³-hybridized carbons (Fsp3) is 0.176. The largest absolute Gasteiger partial charge is 0.491 e. The molecule has 0 saturated heterocycles. The highest BCUT2D eigenvalue weighted by Crippen LogP contribution is 2.35. The Balaban J connectivity index is 2.31. The molecule has 0 spiro atoms. The van der Waals surface area contributed by atoms with Crippen LogP contribution in [-0.4, -0.2) is 19.0 Å². The van der Waals surface area contributed by atoms with Crippen LogP contribution in [0, 0.1) is 12.7 Å². The Morgan fingerprint density at radius 1 is 1.09 bits per heavy atom. The molecule has 23 heavy (non-hydrogen) atoms. The van der Waals surface area contributed by atoms with Crippen molar-refractivity contribution in [3.05, 3.63) is 60.0 Å². The lowest BCUT2D eigenvalue weighted by atomic mass is 10.2. The molecule has 0 fully saturated rings. The molecular weight excluding hydrogens is 317 g/mol. The summed E-state index contributed by atoms with van der Waals surface area (Å²) in [5, 5.41) is 0.734. The van der Waals surface area contributed by atoms with Crippen LogP contribution < -0.4 is 4.74 Å². The zero-order chi connectivity index (χ0) is 16.6. The Labute approximate surface area is 134 Å². The first-order chi connectivity index (χ1) is 11.0. The van der Waals surface area contributed by atoms with Gasteiger partial charge in [-0.1, -0.05) is 12.1 Å². The van der Waals surface area contributed by atoms with Crippen LogP contribution >= 0.6 is 0 Å². The van der Waals surface area contributed by atoms with Gasteiger partial charge in [-0.2, -0.15) is 0 Å². The van der Waals surface area contributed by atoms with Crippen molar-refractivity contribution in [1.29, 1.82) is 0 Å². The molecule has 3 aromatic rings. The molecule has 0 saturated carbocycles. The van der Waals surface area contributed by atoms with Crippen LogP contribution in [0.5, 0.6) is 5.75 Å². The molecule has 4 nitrogen and oxygen atoms in total. The maximum absolute atomic E-state index is 13.1. The van der Waals surface area contributed by atoms with Gasteiger partial charge in [0.15, 0.2) is 0 Å². The first-order valence-corrected chi connectivity index (χ1v) is 8.64. The minimum atomic E-state index is -3.84. The zero-order valence-corrected chi connectivity index (χ0v) is 13.6. The molecule has 0 N–H and O–H groups in total. The van der Waals surface area contributed by atoms with Crippen LogP contribution in [-0.2, 0) is 10.0 Å². The first-order valence-electron chi connectivity index (χ1n) is 7.20. The molecule has 3 rings (SSSR count). The van der Waals surface area contributed by atoms with Gasteiger partial charge >= 0.3 is 0 Å². The number of fused-ring (bicyclic) bond motifs is 1. The second-order valence-corrected chi connectivity index (χ2v) is 6.87. The summed E-state index contributed by atoms with van der Waals surface area (Å²) in [7, 11) is -3.84. The highest BCUT2D eigenvalue weighted by Gasteiger charge is 2.25. The molecule has 0 aliphatic heterocycles. The number of ether oxygens (including phenoxy) is 1. The van der Waals surface area contributed by atoms with Crippen molar-refractivity contribution in [3.8, 4) is 5.75 Å². The predicted molar refractivity (Wildman–Crippen MR) is 86.8 cm³/mol. The second-order valence-electron chi connectivity index (χ2n) is 5.09. The molecule has 6 heteroatoms. The first kappa shape index (κ1) is 15.6. The predicted octanol–water partition coefficient (Wildman–Crippen LogP) is 3.72. The molecule has 0 aliphatic carbocycles. The van der Waals surface area contributed by atoms with E-state index in [1.54, 1.807) is 19.1 Å². The smallest absolute Gasteiger partial charge is 0.268 e. The lowest BCUT2D eigenvalue weighted by Gasteiger charge is -2.10. The van der Waals surface area contributed by atoms with Gasteiger partial charge in [-0.05, 0) is 50.2 Å². The lowest BCUT2D eigenvalue weighted by molar-refractivity contribution is 0.341. The molecule has 120 valence electrons. The Morgan fingerprint density at radius 3 is 2.39 bits per heavy atom. The topological polar surface area (TPSA) is 48.3 Å². The Morgan fingerprint density at radius 2 is 1.74 bits per heavy atom. The fourth-order valence-electron chi connectivity index (χ4n) is 2.66. The van der Waals surface area contributed by atoms with E-state index in [9.17, 15) is 12.8 Å². The van der Waals surface area contributed by atoms with E-state index in [0.717, 1.165) is 17.5 Å². The number of halogens is 1. The van der Waals surface area contributed by atoms with Gasteiger partial charge in [0.05, 0.1) is 22.7 Å². The number of para-hydroxylation sites is 1. The van der Waals surface area contributed by atoms with Crippen molar-refractivity contribution in [2.75, 3.05) is 6.61 Å². The SMILES string of the molecule is CCOc1c(C)n(S(=O)(=O)c2ccc(F)cc2)c2ccccc12. The summed E-state index contributed by atoms with van der Waals surface area (Å²) in [6.45, 7) is 3.98. The summed E-state index contributed by atoms with van der Waals surface area (Å²) in [4.78, 5) is 0.0331. The van der Waals surface area contributed by atoms with Crippen molar-refractivity contribution in [3.63, 3.8) is 0 Å². The summed E-state index contributed by atoms with van der Waals surface area (Å²) in [5.41, 5.74) is 1.04. The summed E-state index contributed by atoms with van der Waals surface area (Å²) < 4.78 is 45.9. The van der Waals surface area contributed by atoms with Gasteiger partial charge in [0, 0.05) is 5.39 Å². The molecule has 0 radical (unpaired) electrons. The highest BCUT2D eigenvalue weighted by molar-refractivity contribution is 7.90. The van der Waals surface area contributed by atoms with Crippen LogP contribution in [0.15, 0.2) is 53.4 Å². The third kappa shape index (κ3) is 2.49. The van der Waals surface area contributed by atoms with Gasteiger partial charge in [0.1, 0.15) is 11.6 Å². The van der Waals surface area contributed by atoms with E-state index >= 15 is 0 Å². The van der Waals surface area contributed by atoms with Crippen molar-refractivity contribution in [1.82, 2.24) is 3.97 Å². The number of rotatable bonds is 4. The monoisotopic (exact) mass is 333 g/mol. The third-order valence-electron chi connectivity index (χ3n) is 3.64. The van der Waals surface area contributed by atoms with Crippen LogP contribution in [0.25, 0.3) is 10.9 Å². The molecule has 0 unspecified atom stereocenters. The number of hydrogen-bond acceptors (Lipinski definition) is 3. The number of nitrogens with zero attached hydrogens (tertiary/aromatic N) is 1. The normalized spacial score (nSPS) is 11.8. The van der Waals surface area contributed by atoms with Gasteiger partial charge in [-0.25, -0.2) is 16.8 Å². The fourth-order valence-corrected chi connectivity index (χ4v) is 4.21. The molecule has 0 bridgehead atoms. The third-order valence-corrected chi connectivity index (χ3v) is 5.46. The maximum atomic E-state index is 13.1. The van der Waals surface area contributed by atoms with E-state index in [4.69, 9.17) is 4.74 Å².